The molecule has 5 heteroatoms. The summed E-state index contributed by atoms with van der Waals surface area (Å²) < 4.78 is 5.33. The van der Waals surface area contributed by atoms with E-state index in [1.165, 1.54) is 24.1 Å². The Labute approximate surface area is 177 Å². The van der Waals surface area contributed by atoms with Crippen LogP contribution >= 0.6 is 0 Å². The average molecular weight is 402 g/mol. The van der Waals surface area contributed by atoms with Crippen molar-refractivity contribution in [1.29, 1.82) is 0 Å². The lowest BCUT2D eigenvalue weighted by Crippen LogP contribution is -2.35. The van der Waals surface area contributed by atoms with Crippen LogP contribution in [0.25, 0.3) is 10.9 Å². The van der Waals surface area contributed by atoms with Gasteiger partial charge in [0.25, 0.3) is 5.91 Å². The van der Waals surface area contributed by atoms with Gasteiger partial charge in [-0.05, 0) is 74.1 Å². The van der Waals surface area contributed by atoms with Gasteiger partial charge < -0.3 is 15.0 Å². The molecule has 3 aromatic rings. The summed E-state index contributed by atoms with van der Waals surface area (Å²) >= 11 is 0. The van der Waals surface area contributed by atoms with Gasteiger partial charge in [0, 0.05) is 35.9 Å². The normalized spacial score (nSPS) is 17.2. The van der Waals surface area contributed by atoms with Crippen LogP contribution < -0.4 is 15.0 Å². The summed E-state index contributed by atoms with van der Waals surface area (Å²) in [5.74, 6) is 0.647. The molecule has 0 radical (unpaired) electrons. The smallest absolute Gasteiger partial charge is 0.252 e. The number of nitrogens with zero attached hydrogens (tertiary/aromatic N) is 2. The number of hydrogen-bond acceptors (Lipinski definition) is 4. The van der Waals surface area contributed by atoms with Crippen LogP contribution in [0.15, 0.2) is 48.7 Å². The van der Waals surface area contributed by atoms with E-state index < -0.39 is 0 Å². The Hall–Kier alpha value is -3.08. The number of nitrogens with one attached hydrogen (secondary N) is 1. The molecule has 1 N–H and O–H groups in total. The van der Waals surface area contributed by atoms with Gasteiger partial charge in [0.1, 0.15) is 5.75 Å². The standard InChI is InChI=1S/C25H27N3O2/c1-17-7-8-19(30-2)16-21(17)24(29)27-25(9-10-25)22-14-18(28-12-3-4-13-28)15-23-20(22)6-5-11-26-23/h5-8,11,14-16H,3-4,9-10,12-13H2,1-2H3,(H,27,29). The molecule has 0 unspecified atom stereocenters. The lowest BCUT2D eigenvalue weighted by molar-refractivity contribution is 0.0930. The summed E-state index contributed by atoms with van der Waals surface area (Å²) in [5.41, 5.74) is 4.68. The predicted octanol–water partition coefficient (Wildman–Crippen LogP) is 4.57. The SMILES string of the molecule is COc1ccc(C)c(C(=O)NC2(c3cc(N4CCCC4)cc4ncccc34)CC2)c1. The first-order valence-corrected chi connectivity index (χ1v) is 10.7. The van der Waals surface area contributed by atoms with E-state index in [1.54, 1.807) is 7.11 Å². The number of benzene rings is 2. The van der Waals surface area contributed by atoms with Gasteiger partial charge in [-0.3, -0.25) is 9.78 Å². The molecule has 30 heavy (non-hydrogen) atoms. The first kappa shape index (κ1) is 18.9. The third kappa shape index (κ3) is 3.28. The Bertz CT molecular complexity index is 1110. The molecule has 0 bridgehead atoms. The quantitative estimate of drug-likeness (QED) is 0.680. The largest absolute Gasteiger partial charge is 0.497 e. The zero-order chi connectivity index (χ0) is 20.7. The number of hydrogen-bond donors (Lipinski definition) is 1. The molecular formula is C25H27N3O2. The molecule has 1 saturated heterocycles. The maximum Gasteiger partial charge on any atom is 0.252 e. The first-order chi connectivity index (χ1) is 14.6. The Morgan fingerprint density at radius 3 is 2.67 bits per heavy atom. The molecule has 0 atom stereocenters. The number of aryl methyl sites for hydroxylation is 1. The van der Waals surface area contributed by atoms with Crippen molar-refractivity contribution in [1.82, 2.24) is 10.3 Å². The van der Waals surface area contributed by atoms with E-state index in [1.807, 2.05) is 37.4 Å². The number of pyridine rings is 1. The van der Waals surface area contributed by atoms with Crippen molar-refractivity contribution in [3.8, 4) is 5.75 Å². The number of ether oxygens (including phenoxy) is 1. The molecule has 1 amide bonds. The molecular weight excluding hydrogens is 374 g/mol. The second-order valence-electron chi connectivity index (χ2n) is 8.47. The number of carbonyl (C=O) groups excluding carboxylic acids is 1. The van der Waals surface area contributed by atoms with E-state index in [2.05, 4.69) is 33.4 Å². The molecule has 0 spiro atoms. The Balaban J connectivity index is 1.54. The third-order valence-corrected chi connectivity index (χ3v) is 6.48. The summed E-state index contributed by atoms with van der Waals surface area (Å²) in [5, 5.41) is 4.49. The van der Waals surface area contributed by atoms with Gasteiger partial charge in [-0.25, -0.2) is 0 Å². The zero-order valence-electron chi connectivity index (χ0n) is 17.6. The van der Waals surface area contributed by atoms with E-state index in [0.29, 0.717) is 11.3 Å². The molecule has 5 rings (SSSR count). The van der Waals surface area contributed by atoms with E-state index in [0.717, 1.165) is 42.4 Å². The van der Waals surface area contributed by atoms with Crippen LogP contribution in [0.4, 0.5) is 5.69 Å². The molecule has 2 fully saturated rings. The third-order valence-electron chi connectivity index (χ3n) is 6.48. The number of amides is 1. The second-order valence-corrected chi connectivity index (χ2v) is 8.47. The molecule has 1 saturated carbocycles. The molecule has 154 valence electrons. The van der Waals surface area contributed by atoms with E-state index >= 15 is 0 Å². The highest BCUT2D eigenvalue weighted by molar-refractivity contribution is 5.97. The summed E-state index contributed by atoms with van der Waals surface area (Å²) in [4.78, 5) is 20.3. The minimum atomic E-state index is -0.330. The Morgan fingerprint density at radius 2 is 1.93 bits per heavy atom. The first-order valence-electron chi connectivity index (χ1n) is 10.7. The zero-order valence-corrected chi connectivity index (χ0v) is 17.6. The van der Waals surface area contributed by atoms with Crippen molar-refractivity contribution < 1.29 is 9.53 Å². The number of aromatic nitrogens is 1. The molecule has 2 aliphatic rings. The van der Waals surface area contributed by atoms with Crippen molar-refractivity contribution in [3.05, 3.63) is 65.4 Å². The van der Waals surface area contributed by atoms with Crippen LogP contribution in [0, 0.1) is 6.92 Å². The van der Waals surface area contributed by atoms with Crippen molar-refractivity contribution in [2.45, 2.75) is 38.1 Å². The number of carbonyl (C=O) groups is 1. The van der Waals surface area contributed by atoms with Gasteiger partial charge in [-0.15, -0.1) is 0 Å². The topological polar surface area (TPSA) is 54.5 Å². The fourth-order valence-corrected chi connectivity index (χ4v) is 4.57. The number of rotatable bonds is 5. The van der Waals surface area contributed by atoms with Crippen LogP contribution in [0.1, 0.15) is 47.2 Å². The number of anilines is 1. The van der Waals surface area contributed by atoms with Gasteiger partial charge >= 0.3 is 0 Å². The highest BCUT2D eigenvalue weighted by Gasteiger charge is 2.47. The van der Waals surface area contributed by atoms with Crippen molar-refractivity contribution in [3.63, 3.8) is 0 Å². The summed E-state index contributed by atoms with van der Waals surface area (Å²) in [7, 11) is 1.62. The Kier molecular flexibility index (Phi) is 4.61. The van der Waals surface area contributed by atoms with Crippen LogP contribution in [0.5, 0.6) is 5.75 Å². The number of methoxy groups -OCH3 is 1. The second kappa shape index (κ2) is 7.31. The van der Waals surface area contributed by atoms with Gasteiger partial charge in [-0.1, -0.05) is 12.1 Å². The minimum absolute atomic E-state index is 0.0486. The highest BCUT2D eigenvalue weighted by atomic mass is 16.5. The van der Waals surface area contributed by atoms with Crippen molar-refractivity contribution in [2.75, 3.05) is 25.1 Å². The molecule has 1 aliphatic carbocycles. The van der Waals surface area contributed by atoms with Crippen LogP contribution in [-0.4, -0.2) is 31.1 Å². The van der Waals surface area contributed by atoms with E-state index in [-0.39, 0.29) is 11.4 Å². The van der Waals surface area contributed by atoms with Gasteiger partial charge in [-0.2, -0.15) is 0 Å². The molecule has 2 heterocycles. The summed E-state index contributed by atoms with van der Waals surface area (Å²) in [6.07, 6.45) is 6.18. The number of fused-ring (bicyclic) bond motifs is 1. The molecule has 1 aliphatic heterocycles. The maximum atomic E-state index is 13.2. The Morgan fingerprint density at radius 1 is 1.13 bits per heavy atom. The van der Waals surface area contributed by atoms with E-state index in [9.17, 15) is 4.79 Å². The summed E-state index contributed by atoms with van der Waals surface area (Å²) in [6.45, 7) is 4.13. The van der Waals surface area contributed by atoms with Crippen LogP contribution in [-0.2, 0) is 5.54 Å². The molecule has 5 nitrogen and oxygen atoms in total. The fraction of sp³-hybridized carbons (Fsp3) is 0.360. The van der Waals surface area contributed by atoms with Crippen LogP contribution in [0.3, 0.4) is 0 Å². The molecule has 1 aromatic heterocycles. The van der Waals surface area contributed by atoms with Gasteiger partial charge in [0.15, 0.2) is 0 Å². The van der Waals surface area contributed by atoms with Gasteiger partial charge in [0.05, 0.1) is 18.2 Å². The van der Waals surface area contributed by atoms with Gasteiger partial charge in [0.2, 0.25) is 0 Å². The monoisotopic (exact) mass is 401 g/mol. The fourth-order valence-electron chi connectivity index (χ4n) is 4.57. The minimum Gasteiger partial charge on any atom is -0.497 e. The highest BCUT2D eigenvalue weighted by Crippen LogP contribution is 2.49. The summed E-state index contributed by atoms with van der Waals surface area (Å²) in [6, 6.07) is 14.2. The molecule has 2 aromatic carbocycles. The van der Waals surface area contributed by atoms with E-state index in [4.69, 9.17) is 4.74 Å². The lowest BCUT2D eigenvalue weighted by atomic mass is 9.97. The predicted molar refractivity (Wildman–Crippen MR) is 119 cm³/mol. The van der Waals surface area contributed by atoms with Crippen molar-refractivity contribution in [2.24, 2.45) is 0 Å². The van der Waals surface area contributed by atoms with Crippen LogP contribution in [0.2, 0.25) is 0 Å². The maximum absolute atomic E-state index is 13.2. The van der Waals surface area contributed by atoms with Crippen molar-refractivity contribution >= 4 is 22.5 Å². The average Bonchev–Trinajstić information content (AvgIpc) is 3.33. The lowest BCUT2D eigenvalue weighted by Gasteiger charge is -2.24.